The molecule has 3 fully saturated rings. The predicted molar refractivity (Wildman–Crippen MR) is 90.8 cm³/mol. The Kier molecular flexibility index (Phi) is 3.70. The van der Waals surface area contributed by atoms with Crippen molar-refractivity contribution >= 4 is 11.7 Å². The van der Waals surface area contributed by atoms with Crippen molar-refractivity contribution in [3.8, 4) is 5.75 Å². The fourth-order valence-electron chi connectivity index (χ4n) is 4.85. The summed E-state index contributed by atoms with van der Waals surface area (Å²) in [4.78, 5) is 17.3. The number of methoxy groups -OCH3 is 1. The smallest absolute Gasteiger partial charge is 0.328 e. The molecule has 2 amide bonds. The highest BCUT2D eigenvalue weighted by Crippen LogP contribution is 2.51. The first-order valence-electron chi connectivity index (χ1n) is 9.04. The molecule has 1 aromatic carbocycles. The molecule has 2 aliphatic carbocycles. The second-order valence-corrected chi connectivity index (χ2v) is 7.17. The normalized spacial score (nSPS) is 24.1. The van der Waals surface area contributed by atoms with E-state index in [0.29, 0.717) is 6.04 Å². The van der Waals surface area contributed by atoms with Crippen LogP contribution in [0.15, 0.2) is 24.3 Å². The average molecular weight is 314 g/mol. The molecule has 0 unspecified atom stereocenters. The molecule has 1 aliphatic heterocycles. The van der Waals surface area contributed by atoms with E-state index in [-0.39, 0.29) is 11.7 Å². The zero-order valence-electron chi connectivity index (χ0n) is 14.0. The number of rotatable bonds is 3. The lowest BCUT2D eigenvalue weighted by Crippen LogP contribution is -2.78. The number of carbonyl (C=O) groups is 1. The largest absolute Gasteiger partial charge is 0.497 e. The summed E-state index contributed by atoms with van der Waals surface area (Å²) >= 11 is 0. The van der Waals surface area contributed by atoms with Gasteiger partial charge in [-0.2, -0.15) is 0 Å². The van der Waals surface area contributed by atoms with Crippen molar-refractivity contribution in [2.45, 2.75) is 69.5 Å². The van der Waals surface area contributed by atoms with E-state index in [9.17, 15) is 4.79 Å². The first-order valence-corrected chi connectivity index (χ1v) is 9.04. The molecule has 2 saturated carbocycles. The fourth-order valence-corrected chi connectivity index (χ4v) is 4.85. The van der Waals surface area contributed by atoms with E-state index in [2.05, 4.69) is 9.80 Å². The van der Waals surface area contributed by atoms with Crippen LogP contribution in [0.25, 0.3) is 0 Å². The molecular formula is C19H26N2O2. The number of carbonyl (C=O) groups excluding carboxylic acids is 1. The van der Waals surface area contributed by atoms with Crippen molar-refractivity contribution < 1.29 is 9.53 Å². The summed E-state index contributed by atoms with van der Waals surface area (Å²) in [5.41, 5.74) is 0.970. The van der Waals surface area contributed by atoms with Gasteiger partial charge in [0.2, 0.25) is 0 Å². The van der Waals surface area contributed by atoms with Crippen LogP contribution in [0.3, 0.4) is 0 Å². The number of nitrogens with zero attached hydrogens (tertiary/aromatic N) is 2. The van der Waals surface area contributed by atoms with E-state index >= 15 is 0 Å². The van der Waals surface area contributed by atoms with Gasteiger partial charge in [0.05, 0.1) is 7.11 Å². The number of urea groups is 1. The topological polar surface area (TPSA) is 32.8 Å². The Hall–Kier alpha value is -1.71. The van der Waals surface area contributed by atoms with Gasteiger partial charge >= 0.3 is 6.03 Å². The summed E-state index contributed by atoms with van der Waals surface area (Å²) in [6.45, 7) is 0. The first kappa shape index (κ1) is 14.9. The highest BCUT2D eigenvalue weighted by molar-refractivity contribution is 6.01. The molecule has 4 rings (SSSR count). The van der Waals surface area contributed by atoms with Crippen molar-refractivity contribution in [1.82, 2.24) is 4.90 Å². The van der Waals surface area contributed by atoms with Gasteiger partial charge in [-0.15, -0.1) is 0 Å². The summed E-state index contributed by atoms with van der Waals surface area (Å²) in [5.74, 6) is 0.839. The van der Waals surface area contributed by atoms with Crippen LogP contribution >= 0.6 is 0 Å². The van der Waals surface area contributed by atoms with Gasteiger partial charge in [-0.3, -0.25) is 9.80 Å². The van der Waals surface area contributed by atoms with Crippen LogP contribution in [0.2, 0.25) is 0 Å². The molecule has 4 heteroatoms. The van der Waals surface area contributed by atoms with Crippen molar-refractivity contribution in [2.75, 3.05) is 12.0 Å². The summed E-state index contributed by atoms with van der Waals surface area (Å²) in [5, 5.41) is 0. The minimum absolute atomic E-state index is 0.0479. The molecule has 0 bridgehead atoms. The van der Waals surface area contributed by atoms with Crippen LogP contribution in [0.4, 0.5) is 10.5 Å². The minimum atomic E-state index is -0.0479. The molecule has 124 valence electrons. The standard InChI is InChI=1S/C19H26N2O2/c1-23-17-11-9-16(10-12-17)21-18(22)20(15-7-3-2-4-8-15)19(21)13-5-6-14-19/h9-12,15H,2-8,13-14H2,1H3. The Bertz CT molecular complexity index is 572. The number of ether oxygens (including phenoxy) is 1. The highest BCUT2D eigenvalue weighted by Gasteiger charge is 2.61. The Balaban J connectivity index is 1.63. The molecule has 23 heavy (non-hydrogen) atoms. The van der Waals surface area contributed by atoms with E-state index in [1.54, 1.807) is 7.11 Å². The Morgan fingerprint density at radius 3 is 2.26 bits per heavy atom. The quantitative estimate of drug-likeness (QED) is 0.820. The summed E-state index contributed by atoms with van der Waals surface area (Å²) < 4.78 is 5.25. The fraction of sp³-hybridized carbons (Fsp3) is 0.632. The third-order valence-corrected chi connectivity index (χ3v) is 5.94. The van der Waals surface area contributed by atoms with Crippen LogP contribution < -0.4 is 9.64 Å². The van der Waals surface area contributed by atoms with E-state index in [1.807, 2.05) is 24.3 Å². The van der Waals surface area contributed by atoms with Crippen molar-refractivity contribution in [3.05, 3.63) is 24.3 Å². The van der Waals surface area contributed by atoms with E-state index in [1.165, 1.54) is 44.9 Å². The van der Waals surface area contributed by atoms with Crippen LogP contribution in [0.5, 0.6) is 5.75 Å². The molecule has 3 aliphatic rings. The lowest BCUT2D eigenvalue weighted by Gasteiger charge is -2.62. The molecule has 1 saturated heterocycles. The molecule has 0 atom stereocenters. The van der Waals surface area contributed by atoms with E-state index in [0.717, 1.165) is 24.3 Å². The zero-order valence-corrected chi connectivity index (χ0v) is 14.0. The first-order chi connectivity index (χ1) is 11.3. The predicted octanol–water partition coefficient (Wildman–Crippen LogP) is 4.54. The number of anilines is 1. The highest BCUT2D eigenvalue weighted by atomic mass is 16.5. The second-order valence-electron chi connectivity index (χ2n) is 7.17. The SMILES string of the molecule is COc1ccc(N2C(=O)N(C3CCCCC3)C23CCCC3)cc1. The van der Waals surface area contributed by atoms with Gasteiger partial charge in [0.15, 0.2) is 0 Å². The van der Waals surface area contributed by atoms with E-state index < -0.39 is 0 Å². The van der Waals surface area contributed by atoms with Crippen LogP contribution in [0, 0.1) is 0 Å². The maximum atomic E-state index is 13.0. The number of amides is 2. The van der Waals surface area contributed by atoms with Gasteiger partial charge in [-0.1, -0.05) is 19.3 Å². The molecule has 1 aromatic rings. The van der Waals surface area contributed by atoms with Gasteiger partial charge in [-0.25, -0.2) is 4.79 Å². The minimum Gasteiger partial charge on any atom is -0.497 e. The lowest BCUT2D eigenvalue weighted by molar-refractivity contribution is 0.0147. The van der Waals surface area contributed by atoms with Crippen molar-refractivity contribution in [3.63, 3.8) is 0 Å². The monoisotopic (exact) mass is 314 g/mol. The summed E-state index contributed by atoms with van der Waals surface area (Å²) in [6, 6.07) is 8.63. The van der Waals surface area contributed by atoms with Crippen LogP contribution in [0.1, 0.15) is 57.8 Å². The second kappa shape index (κ2) is 5.73. The van der Waals surface area contributed by atoms with Gasteiger partial charge in [0.1, 0.15) is 11.4 Å². The molecule has 0 aromatic heterocycles. The summed E-state index contributed by atoms with van der Waals surface area (Å²) in [6.07, 6.45) is 10.9. The van der Waals surface area contributed by atoms with Crippen LogP contribution in [-0.4, -0.2) is 29.7 Å². The number of benzene rings is 1. The van der Waals surface area contributed by atoms with Gasteiger partial charge in [0, 0.05) is 11.7 Å². The third kappa shape index (κ3) is 2.22. The van der Waals surface area contributed by atoms with Gasteiger partial charge in [0.25, 0.3) is 0 Å². The van der Waals surface area contributed by atoms with Gasteiger partial charge < -0.3 is 4.74 Å². The molecule has 0 N–H and O–H groups in total. The van der Waals surface area contributed by atoms with E-state index in [4.69, 9.17) is 4.74 Å². The Labute approximate surface area is 138 Å². The molecular weight excluding hydrogens is 288 g/mol. The average Bonchev–Trinajstić information content (AvgIpc) is 3.08. The molecule has 1 spiro atoms. The summed E-state index contributed by atoms with van der Waals surface area (Å²) in [7, 11) is 1.67. The Morgan fingerprint density at radius 2 is 1.65 bits per heavy atom. The maximum Gasteiger partial charge on any atom is 0.328 e. The van der Waals surface area contributed by atoms with Gasteiger partial charge in [-0.05, 0) is 62.8 Å². The molecule has 4 nitrogen and oxygen atoms in total. The Morgan fingerprint density at radius 1 is 1.00 bits per heavy atom. The molecule has 0 radical (unpaired) electrons. The number of hydrogen-bond acceptors (Lipinski definition) is 2. The zero-order chi connectivity index (χ0) is 15.9. The maximum absolute atomic E-state index is 13.0. The van der Waals surface area contributed by atoms with Crippen LogP contribution in [-0.2, 0) is 0 Å². The van der Waals surface area contributed by atoms with Crippen molar-refractivity contribution in [1.29, 1.82) is 0 Å². The van der Waals surface area contributed by atoms with Crippen molar-refractivity contribution in [2.24, 2.45) is 0 Å². The molecule has 1 heterocycles. The lowest BCUT2D eigenvalue weighted by atomic mass is 9.87. The third-order valence-electron chi connectivity index (χ3n) is 5.94. The number of hydrogen-bond donors (Lipinski definition) is 0.